The summed E-state index contributed by atoms with van der Waals surface area (Å²) in [4.78, 5) is 27.2. The van der Waals surface area contributed by atoms with Crippen molar-refractivity contribution in [2.24, 2.45) is 5.41 Å². The molecule has 2 aliphatic rings. The molecule has 0 N–H and O–H groups in total. The summed E-state index contributed by atoms with van der Waals surface area (Å²) in [5, 5.41) is 0.403. The minimum atomic E-state index is 0.169. The zero-order valence-electron chi connectivity index (χ0n) is 10.2. The second kappa shape index (κ2) is 4.96. The van der Waals surface area contributed by atoms with Gasteiger partial charge in [-0.3, -0.25) is 9.59 Å². The number of nitrogens with zero attached hydrogens (tertiary/aromatic N) is 2. The van der Waals surface area contributed by atoms with Gasteiger partial charge in [0.05, 0.1) is 5.33 Å². The number of alkyl halides is 1. The maximum absolute atomic E-state index is 11.7. The summed E-state index contributed by atoms with van der Waals surface area (Å²) in [6, 6.07) is 0. The molecule has 0 aliphatic carbocycles. The molecule has 17 heavy (non-hydrogen) atoms. The third kappa shape index (κ3) is 2.49. The highest BCUT2D eigenvalue weighted by Crippen LogP contribution is 2.39. The van der Waals surface area contributed by atoms with Crippen LogP contribution in [0.2, 0.25) is 0 Å². The average Bonchev–Trinajstić information content (AvgIpc) is 2.96. The van der Waals surface area contributed by atoms with E-state index in [4.69, 9.17) is 0 Å². The molecule has 1 unspecified atom stereocenters. The first kappa shape index (κ1) is 12.9. The fraction of sp³-hybridized carbons (Fsp3) is 0.833. The van der Waals surface area contributed by atoms with E-state index in [0.29, 0.717) is 11.8 Å². The van der Waals surface area contributed by atoms with Crippen LogP contribution in [-0.4, -0.2) is 53.1 Å². The van der Waals surface area contributed by atoms with Crippen LogP contribution in [0.4, 0.5) is 0 Å². The zero-order valence-corrected chi connectivity index (χ0v) is 11.8. The van der Waals surface area contributed by atoms with Crippen LogP contribution in [0, 0.1) is 5.41 Å². The zero-order chi connectivity index (χ0) is 12.5. The Balaban J connectivity index is 1.96. The van der Waals surface area contributed by atoms with Crippen LogP contribution >= 0.6 is 15.9 Å². The number of carbonyl (C=O) groups is 2. The molecule has 2 aliphatic heterocycles. The summed E-state index contributed by atoms with van der Waals surface area (Å²) < 4.78 is 0. The van der Waals surface area contributed by atoms with Crippen molar-refractivity contribution in [1.82, 2.24) is 9.80 Å². The molecule has 1 spiro atoms. The van der Waals surface area contributed by atoms with E-state index in [2.05, 4.69) is 15.9 Å². The average molecular weight is 303 g/mol. The number of halogens is 1. The van der Waals surface area contributed by atoms with Gasteiger partial charge in [0.2, 0.25) is 11.8 Å². The van der Waals surface area contributed by atoms with Gasteiger partial charge in [-0.1, -0.05) is 22.9 Å². The molecule has 2 amide bonds. The first-order valence-electron chi connectivity index (χ1n) is 6.22. The summed E-state index contributed by atoms with van der Waals surface area (Å²) in [5.41, 5.74) is 0.183. The van der Waals surface area contributed by atoms with Crippen LogP contribution in [0.25, 0.3) is 0 Å². The minimum absolute atomic E-state index is 0.169. The van der Waals surface area contributed by atoms with Crippen LogP contribution in [0.15, 0.2) is 0 Å². The number of likely N-dealkylation sites (tertiary alicyclic amines) is 2. The number of hydrogen-bond acceptors (Lipinski definition) is 2. The predicted molar refractivity (Wildman–Crippen MR) is 68.9 cm³/mol. The lowest BCUT2D eigenvalue weighted by atomic mass is 9.86. The van der Waals surface area contributed by atoms with Crippen molar-refractivity contribution in [2.75, 3.05) is 31.5 Å². The van der Waals surface area contributed by atoms with Crippen molar-refractivity contribution >= 4 is 27.7 Å². The molecule has 0 aromatic heterocycles. The summed E-state index contributed by atoms with van der Waals surface area (Å²) in [7, 11) is 0. The van der Waals surface area contributed by atoms with Gasteiger partial charge < -0.3 is 9.80 Å². The van der Waals surface area contributed by atoms with Gasteiger partial charge in [0.1, 0.15) is 0 Å². The third-order valence-corrected chi connectivity index (χ3v) is 4.48. The molecule has 4 nitrogen and oxygen atoms in total. The molecular formula is C12H19BrN2O2. The fourth-order valence-corrected chi connectivity index (χ4v) is 3.29. The first-order valence-corrected chi connectivity index (χ1v) is 7.34. The van der Waals surface area contributed by atoms with Crippen LogP contribution in [-0.2, 0) is 9.59 Å². The summed E-state index contributed by atoms with van der Waals surface area (Å²) in [6.07, 6.45) is 2.67. The molecule has 2 saturated heterocycles. The Hall–Kier alpha value is -0.580. The molecule has 0 aromatic carbocycles. The number of rotatable bonds is 2. The molecule has 0 aromatic rings. The molecule has 1 atom stereocenters. The lowest BCUT2D eigenvalue weighted by Gasteiger charge is -2.24. The first-order chi connectivity index (χ1) is 8.10. The minimum Gasteiger partial charge on any atom is -0.342 e. The Kier molecular flexibility index (Phi) is 3.76. The van der Waals surface area contributed by atoms with Crippen molar-refractivity contribution in [1.29, 1.82) is 0 Å². The molecule has 5 heteroatoms. The highest BCUT2D eigenvalue weighted by atomic mass is 79.9. The van der Waals surface area contributed by atoms with Crippen molar-refractivity contribution in [3.63, 3.8) is 0 Å². The van der Waals surface area contributed by atoms with E-state index in [1.54, 1.807) is 0 Å². The van der Waals surface area contributed by atoms with Crippen molar-refractivity contribution in [3.05, 3.63) is 0 Å². The lowest BCUT2D eigenvalue weighted by molar-refractivity contribution is -0.130. The number of hydrogen-bond donors (Lipinski definition) is 0. The predicted octanol–water partition coefficient (Wildman–Crippen LogP) is 1.24. The van der Waals surface area contributed by atoms with Gasteiger partial charge in [-0.15, -0.1) is 0 Å². The Bertz CT molecular complexity index is 300. The van der Waals surface area contributed by atoms with Gasteiger partial charge in [0.15, 0.2) is 0 Å². The van der Waals surface area contributed by atoms with Gasteiger partial charge in [0.25, 0.3) is 0 Å². The van der Waals surface area contributed by atoms with Crippen molar-refractivity contribution in [3.8, 4) is 0 Å². The van der Waals surface area contributed by atoms with Gasteiger partial charge in [-0.2, -0.15) is 0 Å². The second-order valence-electron chi connectivity index (χ2n) is 5.12. The summed E-state index contributed by atoms with van der Waals surface area (Å²) in [5.74, 6) is 0.411. The SMILES string of the molecule is CCC(=O)N1CCC2(CCN(C(=O)CBr)C2)C1. The highest BCUT2D eigenvalue weighted by molar-refractivity contribution is 9.09. The Morgan fingerprint density at radius 3 is 2.12 bits per heavy atom. The molecule has 0 bridgehead atoms. The van der Waals surface area contributed by atoms with Crippen LogP contribution < -0.4 is 0 Å². The van der Waals surface area contributed by atoms with E-state index in [-0.39, 0.29) is 17.2 Å². The standard InChI is InChI=1S/C12H19BrN2O2/c1-2-10(16)14-5-3-12(8-14)4-6-15(9-12)11(17)7-13/h2-9H2,1H3. The fourth-order valence-electron chi connectivity index (χ4n) is 2.94. The van der Waals surface area contributed by atoms with E-state index in [0.717, 1.165) is 39.0 Å². The van der Waals surface area contributed by atoms with Gasteiger partial charge in [0, 0.05) is 38.0 Å². The van der Waals surface area contributed by atoms with E-state index in [1.807, 2.05) is 16.7 Å². The maximum atomic E-state index is 11.7. The number of carbonyl (C=O) groups excluding carboxylic acids is 2. The molecule has 2 fully saturated rings. The van der Waals surface area contributed by atoms with Gasteiger partial charge in [-0.05, 0) is 12.8 Å². The summed E-state index contributed by atoms with van der Waals surface area (Å²) >= 11 is 3.21. The van der Waals surface area contributed by atoms with E-state index < -0.39 is 0 Å². The Morgan fingerprint density at radius 1 is 1.12 bits per heavy atom. The molecule has 2 heterocycles. The monoisotopic (exact) mass is 302 g/mol. The third-order valence-electron chi connectivity index (χ3n) is 4.00. The van der Waals surface area contributed by atoms with Crippen molar-refractivity contribution < 1.29 is 9.59 Å². The molecular weight excluding hydrogens is 284 g/mol. The smallest absolute Gasteiger partial charge is 0.233 e. The molecule has 0 radical (unpaired) electrons. The maximum Gasteiger partial charge on any atom is 0.233 e. The highest BCUT2D eigenvalue weighted by Gasteiger charge is 2.45. The summed E-state index contributed by atoms with van der Waals surface area (Å²) in [6.45, 7) is 5.28. The molecule has 96 valence electrons. The van der Waals surface area contributed by atoms with Crippen LogP contribution in [0.1, 0.15) is 26.2 Å². The normalized spacial score (nSPS) is 28.1. The van der Waals surface area contributed by atoms with Crippen LogP contribution in [0.3, 0.4) is 0 Å². The second-order valence-corrected chi connectivity index (χ2v) is 5.68. The van der Waals surface area contributed by atoms with E-state index in [9.17, 15) is 9.59 Å². The quantitative estimate of drug-likeness (QED) is 0.720. The van der Waals surface area contributed by atoms with E-state index in [1.165, 1.54) is 0 Å². The molecule has 0 saturated carbocycles. The Morgan fingerprint density at radius 2 is 1.65 bits per heavy atom. The Labute approximate surface area is 110 Å². The van der Waals surface area contributed by atoms with Gasteiger partial charge in [-0.25, -0.2) is 0 Å². The van der Waals surface area contributed by atoms with Crippen molar-refractivity contribution in [2.45, 2.75) is 26.2 Å². The van der Waals surface area contributed by atoms with Crippen LogP contribution in [0.5, 0.6) is 0 Å². The lowest BCUT2D eigenvalue weighted by Crippen LogP contribution is -2.35. The van der Waals surface area contributed by atoms with E-state index >= 15 is 0 Å². The largest absolute Gasteiger partial charge is 0.342 e. The topological polar surface area (TPSA) is 40.6 Å². The molecule has 2 rings (SSSR count). The number of amides is 2. The van der Waals surface area contributed by atoms with Gasteiger partial charge >= 0.3 is 0 Å².